The molecule has 2 saturated heterocycles. The number of piperidine rings is 2. The van der Waals surface area contributed by atoms with Crippen molar-refractivity contribution in [3.8, 4) is 0 Å². The van der Waals surface area contributed by atoms with Crippen molar-refractivity contribution in [2.45, 2.75) is 57.9 Å². The van der Waals surface area contributed by atoms with Crippen molar-refractivity contribution in [3.63, 3.8) is 0 Å². The van der Waals surface area contributed by atoms with Gasteiger partial charge in [0, 0.05) is 32.2 Å². The molecule has 0 radical (unpaired) electrons. The highest BCUT2D eigenvalue weighted by atomic mass is 16.2. The number of hydrogen-bond donors (Lipinski definition) is 1. The van der Waals surface area contributed by atoms with Crippen LogP contribution in [0.1, 0.15) is 51.9 Å². The molecule has 2 heterocycles. The summed E-state index contributed by atoms with van der Waals surface area (Å²) in [5.74, 6) is 0. The summed E-state index contributed by atoms with van der Waals surface area (Å²) in [6.07, 6.45) is 8.47. The summed E-state index contributed by atoms with van der Waals surface area (Å²) in [6.45, 7) is 6.97. The maximum atomic E-state index is 12.6. The van der Waals surface area contributed by atoms with Crippen LogP contribution in [0.15, 0.2) is 0 Å². The van der Waals surface area contributed by atoms with Crippen LogP contribution < -0.4 is 5.32 Å². The van der Waals surface area contributed by atoms with Crippen LogP contribution in [0.2, 0.25) is 0 Å². The van der Waals surface area contributed by atoms with Crippen molar-refractivity contribution in [2.75, 3.05) is 32.7 Å². The van der Waals surface area contributed by atoms with Crippen LogP contribution in [0.5, 0.6) is 0 Å². The second kappa shape index (κ2) is 7.73. The monoisotopic (exact) mass is 267 g/mol. The Bertz CT molecular complexity index is 271. The zero-order chi connectivity index (χ0) is 13.5. The van der Waals surface area contributed by atoms with Crippen molar-refractivity contribution >= 4 is 6.03 Å². The van der Waals surface area contributed by atoms with Gasteiger partial charge in [-0.25, -0.2) is 4.79 Å². The third-order valence-corrected chi connectivity index (χ3v) is 4.24. The van der Waals surface area contributed by atoms with E-state index < -0.39 is 0 Å². The van der Waals surface area contributed by atoms with Crippen molar-refractivity contribution < 1.29 is 4.79 Å². The SMILES string of the molecule is CCCN(CC1CCCCN1)C(=O)N1CCCCC1. The Morgan fingerprint density at radius 1 is 1.21 bits per heavy atom. The van der Waals surface area contributed by atoms with Crippen LogP contribution in [0, 0.1) is 0 Å². The van der Waals surface area contributed by atoms with E-state index in [1.165, 1.54) is 38.5 Å². The Morgan fingerprint density at radius 3 is 2.63 bits per heavy atom. The molecule has 0 saturated carbocycles. The number of urea groups is 1. The number of likely N-dealkylation sites (tertiary alicyclic amines) is 1. The van der Waals surface area contributed by atoms with E-state index in [0.717, 1.165) is 39.1 Å². The van der Waals surface area contributed by atoms with E-state index in [0.29, 0.717) is 6.04 Å². The highest BCUT2D eigenvalue weighted by molar-refractivity contribution is 5.74. The number of rotatable bonds is 4. The molecule has 0 aromatic carbocycles. The fraction of sp³-hybridized carbons (Fsp3) is 0.933. The van der Waals surface area contributed by atoms with E-state index in [1.807, 2.05) is 0 Å². The molecule has 19 heavy (non-hydrogen) atoms. The zero-order valence-corrected chi connectivity index (χ0v) is 12.4. The lowest BCUT2D eigenvalue weighted by Crippen LogP contribution is -2.51. The maximum Gasteiger partial charge on any atom is 0.320 e. The van der Waals surface area contributed by atoms with Crippen molar-refractivity contribution in [1.82, 2.24) is 15.1 Å². The normalized spacial score (nSPS) is 24.3. The zero-order valence-electron chi connectivity index (χ0n) is 12.4. The molecule has 2 aliphatic heterocycles. The van der Waals surface area contributed by atoms with Crippen molar-refractivity contribution in [1.29, 1.82) is 0 Å². The summed E-state index contributed by atoms with van der Waals surface area (Å²) < 4.78 is 0. The number of carbonyl (C=O) groups excluding carboxylic acids is 1. The minimum Gasteiger partial charge on any atom is -0.325 e. The summed E-state index contributed by atoms with van der Waals surface area (Å²) in [5.41, 5.74) is 0. The molecule has 0 aromatic heterocycles. The molecule has 1 atom stereocenters. The summed E-state index contributed by atoms with van der Waals surface area (Å²) in [7, 11) is 0. The average Bonchev–Trinajstić information content (AvgIpc) is 2.48. The first-order valence-corrected chi connectivity index (χ1v) is 8.08. The number of carbonyl (C=O) groups is 1. The fourth-order valence-electron chi connectivity index (χ4n) is 3.17. The Labute approximate surface area is 117 Å². The highest BCUT2D eigenvalue weighted by Gasteiger charge is 2.24. The van der Waals surface area contributed by atoms with Gasteiger partial charge in [0.2, 0.25) is 0 Å². The number of hydrogen-bond acceptors (Lipinski definition) is 2. The molecule has 2 amide bonds. The second-order valence-corrected chi connectivity index (χ2v) is 5.92. The predicted octanol–water partition coefficient (Wildman–Crippen LogP) is 2.45. The average molecular weight is 267 g/mol. The smallest absolute Gasteiger partial charge is 0.320 e. The van der Waals surface area contributed by atoms with Crippen LogP contribution in [-0.2, 0) is 0 Å². The van der Waals surface area contributed by atoms with Crippen LogP contribution in [0.25, 0.3) is 0 Å². The van der Waals surface area contributed by atoms with E-state index in [1.54, 1.807) is 0 Å². The van der Waals surface area contributed by atoms with Gasteiger partial charge < -0.3 is 15.1 Å². The highest BCUT2D eigenvalue weighted by Crippen LogP contribution is 2.14. The van der Waals surface area contributed by atoms with E-state index in [-0.39, 0.29) is 6.03 Å². The first-order valence-electron chi connectivity index (χ1n) is 8.08. The first-order chi connectivity index (χ1) is 9.31. The summed E-state index contributed by atoms with van der Waals surface area (Å²) in [4.78, 5) is 16.7. The second-order valence-electron chi connectivity index (χ2n) is 5.92. The molecule has 4 nitrogen and oxygen atoms in total. The van der Waals surface area contributed by atoms with E-state index >= 15 is 0 Å². The quantitative estimate of drug-likeness (QED) is 0.849. The van der Waals surface area contributed by atoms with Gasteiger partial charge in [0.25, 0.3) is 0 Å². The summed E-state index contributed by atoms with van der Waals surface area (Å²) in [6, 6.07) is 0.781. The van der Waals surface area contributed by atoms with Crippen LogP contribution in [0.3, 0.4) is 0 Å². The molecule has 4 heteroatoms. The predicted molar refractivity (Wildman–Crippen MR) is 78.3 cm³/mol. The minimum absolute atomic E-state index is 0.272. The number of nitrogens with one attached hydrogen (secondary N) is 1. The topological polar surface area (TPSA) is 35.6 Å². The summed E-state index contributed by atoms with van der Waals surface area (Å²) >= 11 is 0. The molecule has 2 fully saturated rings. The van der Waals surface area contributed by atoms with Crippen molar-refractivity contribution in [2.24, 2.45) is 0 Å². The lowest BCUT2D eigenvalue weighted by molar-refractivity contribution is 0.136. The lowest BCUT2D eigenvalue weighted by atomic mass is 10.0. The lowest BCUT2D eigenvalue weighted by Gasteiger charge is -2.36. The van der Waals surface area contributed by atoms with Gasteiger partial charge in [-0.05, 0) is 45.1 Å². The molecule has 1 N–H and O–H groups in total. The van der Waals surface area contributed by atoms with Crippen LogP contribution in [-0.4, -0.2) is 54.6 Å². The molecule has 0 aromatic rings. The van der Waals surface area contributed by atoms with E-state index in [2.05, 4.69) is 22.0 Å². The van der Waals surface area contributed by atoms with Gasteiger partial charge in [-0.15, -0.1) is 0 Å². The largest absolute Gasteiger partial charge is 0.325 e. The van der Waals surface area contributed by atoms with Gasteiger partial charge in [0.05, 0.1) is 0 Å². The van der Waals surface area contributed by atoms with Crippen molar-refractivity contribution in [3.05, 3.63) is 0 Å². The Hall–Kier alpha value is -0.770. The fourth-order valence-corrected chi connectivity index (χ4v) is 3.17. The third-order valence-electron chi connectivity index (χ3n) is 4.24. The molecule has 110 valence electrons. The Morgan fingerprint density at radius 2 is 2.00 bits per heavy atom. The molecule has 2 rings (SSSR count). The van der Waals surface area contributed by atoms with Gasteiger partial charge in [-0.1, -0.05) is 13.3 Å². The van der Waals surface area contributed by atoms with E-state index in [4.69, 9.17) is 0 Å². The van der Waals surface area contributed by atoms with Gasteiger partial charge in [-0.2, -0.15) is 0 Å². The van der Waals surface area contributed by atoms with Gasteiger partial charge in [-0.3, -0.25) is 0 Å². The molecule has 1 unspecified atom stereocenters. The minimum atomic E-state index is 0.272. The first kappa shape index (κ1) is 14.6. The van der Waals surface area contributed by atoms with Gasteiger partial charge in [0.15, 0.2) is 0 Å². The Kier molecular flexibility index (Phi) is 5.95. The molecule has 0 spiro atoms. The van der Waals surface area contributed by atoms with Gasteiger partial charge >= 0.3 is 6.03 Å². The van der Waals surface area contributed by atoms with E-state index in [9.17, 15) is 4.79 Å². The van der Waals surface area contributed by atoms with Gasteiger partial charge in [0.1, 0.15) is 0 Å². The molecule has 0 bridgehead atoms. The van der Waals surface area contributed by atoms with Crippen LogP contribution >= 0.6 is 0 Å². The molecular weight excluding hydrogens is 238 g/mol. The maximum absolute atomic E-state index is 12.6. The number of nitrogens with zero attached hydrogens (tertiary/aromatic N) is 2. The third kappa shape index (κ3) is 4.37. The number of amides is 2. The van der Waals surface area contributed by atoms with Crippen LogP contribution in [0.4, 0.5) is 4.79 Å². The Balaban J connectivity index is 1.87. The molecule has 2 aliphatic rings. The summed E-state index contributed by atoms with van der Waals surface area (Å²) in [5, 5.41) is 3.55. The molecule has 0 aliphatic carbocycles. The molecular formula is C15H29N3O. The standard InChI is InChI=1S/C15H29N3O/c1-2-10-18(13-14-8-4-5-9-16-14)15(19)17-11-6-3-7-12-17/h14,16H,2-13H2,1H3.